The minimum atomic E-state index is -0.376. The largest absolute Gasteiger partial charge is 0.468 e. The molecule has 0 bridgehead atoms. The number of rotatable bonds is 3. The van der Waals surface area contributed by atoms with Gasteiger partial charge in [0.1, 0.15) is 11.8 Å². The summed E-state index contributed by atoms with van der Waals surface area (Å²) < 4.78 is 10.7. The van der Waals surface area contributed by atoms with Crippen molar-refractivity contribution in [1.82, 2.24) is 4.90 Å². The predicted molar refractivity (Wildman–Crippen MR) is 57.5 cm³/mol. The first kappa shape index (κ1) is 11.2. The van der Waals surface area contributed by atoms with Gasteiger partial charge in [0.15, 0.2) is 0 Å². The Bertz CT molecular complexity index is 350. The van der Waals surface area contributed by atoms with Gasteiger partial charge in [-0.1, -0.05) is 0 Å². The molecule has 0 saturated carbocycles. The number of furan rings is 1. The van der Waals surface area contributed by atoms with Gasteiger partial charge in [-0.3, -0.25) is 9.69 Å². The Hall–Kier alpha value is -1.33. The van der Waals surface area contributed by atoms with Crippen LogP contribution < -0.4 is 5.73 Å². The lowest BCUT2D eigenvalue weighted by Crippen LogP contribution is -2.55. The summed E-state index contributed by atoms with van der Waals surface area (Å²) in [7, 11) is 0. The number of nitrogens with zero attached hydrogens (tertiary/aromatic N) is 1. The van der Waals surface area contributed by atoms with Crippen LogP contribution in [0.2, 0.25) is 0 Å². The summed E-state index contributed by atoms with van der Waals surface area (Å²) in [5, 5.41) is 0. The molecule has 2 N–H and O–H groups in total. The van der Waals surface area contributed by atoms with E-state index in [1.165, 1.54) is 0 Å². The molecule has 1 aromatic rings. The Balaban J connectivity index is 2.08. The van der Waals surface area contributed by atoms with Crippen LogP contribution in [0.4, 0.5) is 0 Å². The number of nitrogens with two attached hydrogens (primary N) is 1. The van der Waals surface area contributed by atoms with Crippen molar-refractivity contribution in [3.8, 4) is 0 Å². The molecule has 1 aliphatic rings. The summed E-state index contributed by atoms with van der Waals surface area (Å²) in [5.74, 6) is 0.485. The maximum atomic E-state index is 11.4. The molecule has 0 spiro atoms. The van der Waals surface area contributed by atoms with Crippen LogP contribution in [0.5, 0.6) is 0 Å². The van der Waals surface area contributed by atoms with Crippen molar-refractivity contribution in [1.29, 1.82) is 0 Å². The van der Waals surface area contributed by atoms with E-state index in [-0.39, 0.29) is 18.1 Å². The third-order valence-corrected chi connectivity index (χ3v) is 2.83. The summed E-state index contributed by atoms with van der Waals surface area (Å²) in [5.41, 5.74) is 5.39. The van der Waals surface area contributed by atoms with Crippen LogP contribution in [0, 0.1) is 0 Å². The van der Waals surface area contributed by atoms with Crippen molar-refractivity contribution < 1.29 is 13.9 Å². The highest BCUT2D eigenvalue weighted by atomic mass is 16.5. The minimum Gasteiger partial charge on any atom is -0.468 e. The Morgan fingerprint density at radius 3 is 3.12 bits per heavy atom. The SMILES string of the molecule is C[C@H]1OCCN(Cc2ccco2)[C@@H]1C(N)=O. The molecule has 5 heteroatoms. The molecule has 16 heavy (non-hydrogen) atoms. The maximum absolute atomic E-state index is 11.4. The molecule has 0 unspecified atom stereocenters. The zero-order valence-electron chi connectivity index (χ0n) is 9.26. The molecular formula is C11H16N2O3. The summed E-state index contributed by atoms with van der Waals surface area (Å²) >= 11 is 0. The minimum absolute atomic E-state index is 0.166. The van der Waals surface area contributed by atoms with Gasteiger partial charge < -0.3 is 14.9 Å². The normalized spacial score (nSPS) is 26.8. The molecule has 0 aromatic carbocycles. The van der Waals surface area contributed by atoms with Crippen LogP contribution in [0.25, 0.3) is 0 Å². The average Bonchev–Trinajstić information content (AvgIpc) is 2.70. The van der Waals surface area contributed by atoms with Gasteiger partial charge >= 0.3 is 0 Å². The smallest absolute Gasteiger partial charge is 0.237 e. The molecule has 2 heterocycles. The Morgan fingerprint density at radius 2 is 2.50 bits per heavy atom. The van der Waals surface area contributed by atoms with Crippen LogP contribution >= 0.6 is 0 Å². The molecule has 2 atom stereocenters. The fourth-order valence-corrected chi connectivity index (χ4v) is 2.07. The molecule has 1 amide bonds. The Kier molecular flexibility index (Phi) is 3.26. The molecule has 1 fully saturated rings. The summed E-state index contributed by atoms with van der Waals surface area (Å²) in [4.78, 5) is 13.4. The number of carbonyl (C=O) groups is 1. The molecule has 2 rings (SSSR count). The number of ether oxygens (including phenoxy) is 1. The molecule has 5 nitrogen and oxygen atoms in total. The zero-order valence-corrected chi connectivity index (χ0v) is 9.26. The van der Waals surface area contributed by atoms with E-state index in [2.05, 4.69) is 0 Å². The fraction of sp³-hybridized carbons (Fsp3) is 0.545. The molecule has 1 aromatic heterocycles. The number of hydrogen-bond acceptors (Lipinski definition) is 4. The second-order valence-corrected chi connectivity index (χ2v) is 3.97. The van der Waals surface area contributed by atoms with Gasteiger partial charge in [0.2, 0.25) is 5.91 Å². The van der Waals surface area contributed by atoms with Crippen molar-refractivity contribution in [2.45, 2.75) is 25.6 Å². The van der Waals surface area contributed by atoms with E-state index in [1.807, 2.05) is 24.0 Å². The van der Waals surface area contributed by atoms with Crippen molar-refractivity contribution in [2.24, 2.45) is 5.73 Å². The number of carbonyl (C=O) groups excluding carboxylic acids is 1. The molecule has 0 aliphatic carbocycles. The standard InChI is InChI=1S/C11H16N2O3/c1-8-10(11(12)14)13(4-6-15-8)7-9-3-2-5-16-9/h2-3,5,8,10H,4,6-7H2,1H3,(H2,12,14)/t8-,10+/m1/s1. The fourth-order valence-electron chi connectivity index (χ4n) is 2.07. The highest BCUT2D eigenvalue weighted by Gasteiger charge is 2.33. The molecule has 0 radical (unpaired) electrons. The van der Waals surface area contributed by atoms with Gasteiger partial charge in [-0.15, -0.1) is 0 Å². The van der Waals surface area contributed by atoms with Gasteiger partial charge in [-0.05, 0) is 19.1 Å². The van der Waals surface area contributed by atoms with E-state index in [0.29, 0.717) is 19.7 Å². The Labute approximate surface area is 94.1 Å². The van der Waals surface area contributed by atoms with E-state index >= 15 is 0 Å². The quantitative estimate of drug-likeness (QED) is 0.804. The highest BCUT2D eigenvalue weighted by Crippen LogP contribution is 2.17. The van der Waals surface area contributed by atoms with E-state index < -0.39 is 0 Å². The monoisotopic (exact) mass is 224 g/mol. The van der Waals surface area contributed by atoms with Gasteiger partial charge in [0, 0.05) is 6.54 Å². The van der Waals surface area contributed by atoms with Gasteiger partial charge in [-0.25, -0.2) is 0 Å². The summed E-state index contributed by atoms with van der Waals surface area (Å²) in [6.45, 7) is 3.77. The predicted octanol–water partition coefficient (Wildman–Crippen LogP) is 0.354. The second kappa shape index (κ2) is 4.67. The average molecular weight is 224 g/mol. The maximum Gasteiger partial charge on any atom is 0.237 e. The van der Waals surface area contributed by atoms with Crippen LogP contribution in [0.15, 0.2) is 22.8 Å². The first-order valence-corrected chi connectivity index (χ1v) is 5.36. The highest BCUT2D eigenvalue weighted by molar-refractivity contribution is 5.80. The van der Waals surface area contributed by atoms with Crippen LogP contribution in [0.3, 0.4) is 0 Å². The molecular weight excluding hydrogens is 208 g/mol. The van der Waals surface area contributed by atoms with Crippen molar-refractivity contribution in [2.75, 3.05) is 13.2 Å². The van der Waals surface area contributed by atoms with E-state index in [9.17, 15) is 4.79 Å². The topological polar surface area (TPSA) is 68.7 Å². The first-order valence-electron chi connectivity index (χ1n) is 5.36. The van der Waals surface area contributed by atoms with Gasteiger partial charge in [0.05, 0.1) is 25.5 Å². The second-order valence-electron chi connectivity index (χ2n) is 3.97. The number of morpholine rings is 1. The van der Waals surface area contributed by atoms with Crippen LogP contribution in [-0.2, 0) is 16.1 Å². The summed E-state index contributed by atoms with van der Waals surface area (Å²) in [6, 6.07) is 3.34. The lowest BCUT2D eigenvalue weighted by molar-refractivity contribution is -0.136. The van der Waals surface area contributed by atoms with E-state index in [0.717, 1.165) is 5.76 Å². The van der Waals surface area contributed by atoms with Crippen LogP contribution in [-0.4, -0.2) is 36.1 Å². The first-order chi connectivity index (χ1) is 7.68. The zero-order chi connectivity index (χ0) is 11.5. The van der Waals surface area contributed by atoms with Crippen LogP contribution in [0.1, 0.15) is 12.7 Å². The van der Waals surface area contributed by atoms with E-state index in [4.69, 9.17) is 14.9 Å². The number of amides is 1. The number of primary amides is 1. The van der Waals surface area contributed by atoms with Crippen molar-refractivity contribution in [3.63, 3.8) is 0 Å². The van der Waals surface area contributed by atoms with Crippen molar-refractivity contribution >= 4 is 5.91 Å². The van der Waals surface area contributed by atoms with Gasteiger partial charge in [0.25, 0.3) is 0 Å². The third-order valence-electron chi connectivity index (χ3n) is 2.83. The summed E-state index contributed by atoms with van der Waals surface area (Å²) in [6.07, 6.45) is 1.46. The van der Waals surface area contributed by atoms with E-state index in [1.54, 1.807) is 6.26 Å². The Morgan fingerprint density at radius 1 is 1.69 bits per heavy atom. The molecule has 1 aliphatic heterocycles. The van der Waals surface area contributed by atoms with Gasteiger partial charge in [-0.2, -0.15) is 0 Å². The molecule has 88 valence electrons. The van der Waals surface area contributed by atoms with Crippen molar-refractivity contribution in [3.05, 3.63) is 24.2 Å². The third kappa shape index (κ3) is 2.25. The lowest BCUT2D eigenvalue weighted by Gasteiger charge is -2.37. The lowest BCUT2D eigenvalue weighted by atomic mass is 10.1. The molecule has 1 saturated heterocycles. The number of hydrogen-bond donors (Lipinski definition) is 1.